The Hall–Kier alpha value is -3.81. The van der Waals surface area contributed by atoms with Gasteiger partial charge in [0.05, 0.1) is 31.0 Å². The first-order chi connectivity index (χ1) is 16.9. The second kappa shape index (κ2) is 10.6. The number of benzene rings is 3. The van der Waals surface area contributed by atoms with E-state index in [4.69, 9.17) is 37.4 Å². The summed E-state index contributed by atoms with van der Waals surface area (Å²) in [5, 5.41) is 3.95. The number of carbonyl (C=O) groups is 2. The second-order valence-electron chi connectivity index (χ2n) is 7.42. The van der Waals surface area contributed by atoms with Crippen molar-refractivity contribution in [1.29, 1.82) is 0 Å². The first kappa shape index (κ1) is 24.3. The van der Waals surface area contributed by atoms with E-state index in [1.54, 1.807) is 68.8 Å². The summed E-state index contributed by atoms with van der Waals surface area (Å²) in [6, 6.07) is 18.8. The molecule has 0 unspecified atom stereocenters. The van der Waals surface area contributed by atoms with E-state index in [2.05, 4.69) is 10.3 Å². The molecule has 1 amide bonds. The minimum atomic E-state index is -0.662. The number of nitrogens with one attached hydrogen (secondary N) is 1. The zero-order chi connectivity index (χ0) is 24.9. The number of halogens is 2. The molecule has 4 aromatic rings. The maximum Gasteiger partial charge on any atom is 0.339 e. The van der Waals surface area contributed by atoms with Gasteiger partial charge in [0.2, 0.25) is 0 Å². The molecule has 0 bridgehead atoms. The Morgan fingerprint density at radius 3 is 2.31 bits per heavy atom. The SMILES string of the molecule is COc1ccc(-c2cc(C(=O)OCC(=O)Nc3cc(Cl)cc(Cl)c3)c3ccccc3n2)cc1OC. The van der Waals surface area contributed by atoms with Crippen molar-refractivity contribution in [3.05, 3.63) is 82.3 Å². The quantitative estimate of drug-likeness (QED) is 0.306. The number of amides is 1. The number of rotatable bonds is 7. The molecule has 1 N–H and O–H groups in total. The van der Waals surface area contributed by atoms with Gasteiger partial charge in [-0.15, -0.1) is 0 Å². The number of esters is 1. The third-order valence-corrected chi connectivity index (χ3v) is 5.53. The van der Waals surface area contributed by atoms with Crippen LogP contribution < -0.4 is 14.8 Å². The Bertz CT molecular complexity index is 1400. The molecule has 0 saturated heterocycles. The lowest BCUT2D eigenvalue weighted by Gasteiger charge is -2.12. The molecule has 0 radical (unpaired) electrons. The van der Waals surface area contributed by atoms with E-state index in [1.165, 1.54) is 0 Å². The molecule has 35 heavy (non-hydrogen) atoms. The molecule has 9 heteroatoms. The summed E-state index contributed by atoms with van der Waals surface area (Å²) in [6.07, 6.45) is 0. The number of nitrogens with zero attached hydrogens (tertiary/aromatic N) is 1. The van der Waals surface area contributed by atoms with Gasteiger partial charge in [-0.25, -0.2) is 9.78 Å². The molecular formula is C26H20Cl2N2O5. The van der Waals surface area contributed by atoms with Crippen LogP contribution in [-0.4, -0.2) is 37.7 Å². The lowest BCUT2D eigenvalue weighted by molar-refractivity contribution is -0.119. The zero-order valence-corrected chi connectivity index (χ0v) is 20.3. The number of hydrogen-bond donors (Lipinski definition) is 1. The molecule has 0 fully saturated rings. The van der Waals surface area contributed by atoms with Gasteiger partial charge in [0, 0.05) is 26.7 Å². The molecule has 0 atom stereocenters. The zero-order valence-electron chi connectivity index (χ0n) is 18.8. The van der Waals surface area contributed by atoms with Crippen LogP contribution in [0.15, 0.2) is 66.7 Å². The topological polar surface area (TPSA) is 86.8 Å². The highest BCUT2D eigenvalue weighted by molar-refractivity contribution is 6.35. The summed E-state index contributed by atoms with van der Waals surface area (Å²) < 4.78 is 16.0. The molecule has 0 aliphatic heterocycles. The lowest BCUT2D eigenvalue weighted by atomic mass is 10.0. The van der Waals surface area contributed by atoms with Crippen molar-refractivity contribution in [1.82, 2.24) is 4.98 Å². The van der Waals surface area contributed by atoms with Gasteiger partial charge < -0.3 is 19.5 Å². The maximum absolute atomic E-state index is 13.0. The van der Waals surface area contributed by atoms with Crippen molar-refractivity contribution in [2.75, 3.05) is 26.1 Å². The van der Waals surface area contributed by atoms with Gasteiger partial charge in [0.25, 0.3) is 5.91 Å². The number of anilines is 1. The number of carbonyl (C=O) groups excluding carboxylic acids is 2. The maximum atomic E-state index is 13.0. The lowest BCUT2D eigenvalue weighted by Crippen LogP contribution is -2.21. The fourth-order valence-corrected chi connectivity index (χ4v) is 4.05. The predicted octanol–water partition coefficient (Wildman–Crippen LogP) is 6.02. The van der Waals surface area contributed by atoms with Crippen LogP contribution in [0.4, 0.5) is 5.69 Å². The fourth-order valence-electron chi connectivity index (χ4n) is 3.52. The Kier molecular flexibility index (Phi) is 7.39. The van der Waals surface area contributed by atoms with Crippen molar-refractivity contribution < 1.29 is 23.8 Å². The van der Waals surface area contributed by atoms with Crippen LogP contribution >= 0.6 is 23.2 Å². The van der Waals surface area contributed by atoms with E-state index < -0.39 is 18.5 Å². The van der Waals surface area contributed by atoms with E-state index >= 15 is 0 Å². The average Bonchev–Trinajstić information content (AvgIpc) is 2.85. The van der Waals surface area contributed by atoms with Crippen LogP contribution in [0.25, 0.3) is 22.2 Å². The summed E-state index contributed by atoms with van der Waals surface area (Å²) in [6.45, 7) is -0.495. The minimum Gasteiger partial charge on any atom is -0.493 e. The van der Waals surface area contributed by atoms with E-state index in [0.29, 0.717) is 43.8 Å². The number of fused-ring (bicyclic) bond motifs is 1. The largest absolute Gasteiger partial charge is 0.493 e. The monoisotopic (exact) mass is 510 g/mol. The third kappa shape index (κ3) is 5.65. The summed E-state index contributed by atoms with van der Waals surface area (Å²) in [4.78, 5) is 30.0. The number of aromatic nitrogens is 1. The highest BCUT2D eigenvalue weighted by atomic mass is 35.5. The van der Waals surface area contributed by atoms with Crippen molar-refractivity contribution in [3.8, 4) is 22.8 Å². The molecule has 178 valence electrons. The van der Waals surface area contributed by atoms with Gasteiger partial charge in [-0.2, -0.15) is 0 Å². The first-order valence-corrected chi connectivity index (χ1v) is 11.2. The number of pyridine rings is 1. The standard InChI is InChI=1S/C26H20Cl2N2O5/c1-33-23-8-7-15(9-24(23)34-2)22-13-20(19-5-3-4-6-21(19)30-22)26(32)35-14-25(31)29-18-11-16(27)10-17(28)12-18/h3-13H,14H2,1-2H3,(H,29,31). The normalized spacial score (nSPS) is 10.6. The van der Waals surface area contributed by atoms with Crippen LogP contribution in [0.3, 0.4) is 0 Å². The Labute approximate surface area is 211 Å². The van der Waals surface area contributed by atoms with Crippen molar-refractivity contribution in [2.45, 2.75) is 0 Å². The molecule has 1 heterocycles. The van der Waals surface area contributed by atoms with Crippen LogP contribution in [0.1, 0.15) is 10.4 Å². The fraction of sp³-hybridized carbons (Fsp3) is 0.115. The molecule has 0 aliphatic rings. The highest BCUT2D eigenvalue weighted by Gasteiger charge is 2.18. The summed E-state index contributed by atoms with van der Waals surface area (Å²) in [7, 11) is 3.09. The Morgan fingerprint density at radius 2 is 1.60 bits per heavy atom. The van der Waals surface area contributed by atoms with Crippen molar-refractivity contribution in [3.63, 3.8) is 0 Å². The van der Waals surface area contributed by atoms with E-state index in [-0.39, 0.29) is 5.56 Å². The van der Waals surface area contributed by atoms with Gasteiger partial charge in [-0.3, -0.25) is 4.79 Å². The first-order valence-electron chi connectivity index (χ1n) is 10.4. The second-order valence-corrected chi connectivity index (χ2v) is 8.30. The molecule has 3 aromatic carbocycles. The molecule has 0 aliphatic carbocycles. The van der Waals surface area contributed by atoms with E-state index in [1.807, 2.05) is 12.1 Å². The van der Waals surface area contributed by atoms with Crippen molar-refractivity contribution >= 4 is 51.7 Å². The molecular weight excluding hydrogens is 491 g/mol. The number of methoxy groups -OCH3 is 2. The van der Waals surface area contributed by atoms with Gasteiger partial charge in [-0.05, 0) is 48.5 Å². The highest BCUT2D eigenvalue weighted by Crippen LogP contribution is 2.33. The van der Waals surface area contributed by atoms with Gasteiger partial charge in [0.1, 0.15) is 0 Å². The summed E-state index contributed by atoms with van der Waals surface area (Å²) in [5.41, 5.74) is 2.53. The molecule has 7 nitrogen and oxygen atoms in total. The Balaban J connectivity index is 1.59. The number of hydrogen-bond acceptors (Lipinski definition) is 6. The van der Waals surface area contributed by atoms with Crippen LogP contribution in [-0.2, 0) is 9.53 Å². The molecule has 4 rings (SSSR count). The third-order valence-electron chi connectivity index (χ3n) is 5.10. The minimum absolute atomic E-state index is 0.277. The van der Waals surface area contributed by atoms with Crippen molar-refractivity contribution in [2.24, 2.45) is 0 Å². The van der Waals surface area contributed by atoms with Gasteiger partial charge >= 0.3 is 5.97 Å². The Morgan fingerprint density at radius 1 is 0.886 bits per heavy atom. The summed E-state index contributed by atoms with van der Waals surface area (Å²) in [5.74, 6) is -0.0923. The number of para-hydroxylation sites is 1. The van der Waals surface area contributed by atoms with Crippen LogP contribution in [0.2, 0.25) is 10.0 Å². The van der Waals surface area contributed by atoms with E-state index in [0.717, 1.165) is 5.56 Å². The van der Waals surface area contributed by atoms with E-state index in [9.17, 15) is 9.59 Å². The molecule has 0 saturated carbocycles. The average molecular weight is 511 g/mol. The molecule has 0 spiro atoms. The predicted molar refractivity (Wildman–Crippen MR) is 136 cm³/mol. The number of ether oxygens (including phenoxy) is 3. The van der Waals surface area contributed by atoms with Crippen LogP contribution in [0, 0.1) is 0 Å². The molecule has 1 aromatic heterocycles. The van der Waals surface area contributed by atoms with Gasteiger partial charge in [0.15, 0.2) is 18.1 Å². The smallest absolute Gasteiger partial charge is 0.339 e. The van der Waals surface area contributed by atoms with Crippen LogP contribution in [0.5, 0.6) is 11.5 Å². The van der Waals surface area contributed by atoms with Gasteiger partial charge in [-0.1, -0.05) is 41.4 Å². The summed E-state index contributed by atoms with van der Waals surface area (Å²) >= 11 is 11.9.